The number of nitrogens with zero attached hydrogens (tertiary/aromatic N) is 10. The van der Waals surface area contributed by atoms with E-state index in [9.17, 15) is 0 Å². The van der Waals surface area contributed by atoms with Gasteiger partial charge < -0.3 is 18.0 Å². The molecule has 114 heavy (non-hydrogen) atoms. The molecule has 0 aliphatic carbocycles. The molecule has 8 heterocycles. The quantitative estimate of drug-likeness (QED) is 0.133. The van der Waals surface area contributed by atoms with Crippen LogP contribution >= 0.6 is 0 Å². The maximum atomic E-state index is 6.89. The van der Waals surface area contributed by atoms with E-state index in [0.717, 1.165) is 165 Å². The van der Waals surface area contributed by atoms with Crippen LogP contribution in [0.2, 0.25) is 0 Å². The zero-order chi connectivity index (χ0) is 74.9. The van der Waals surface area contributed by atoms with E-state index in [0.29, 0.717) is 35.2 Å². The van der Waals surface area contributed by atoms with Crippen molar-refractivity contribution in [1.82, 2.24) is 48.2 Å². The van der Waals surface area contributed by atoms with Crippen molar-refractivity contribution in [2.24, 2.45) is 0 Å². The van der Waals surface area contributed by atoms with Crippen LogP contribution in [0.1, 0.15) is 0 Å². The van der Waals surface area contributed by atoms with Crippen LogP contribution in [0.25, 0.3) is 222 Å². The number of furan rings is 2. The number of hydrogen-bond acceptors (Lipinski definition) is 8. The summed E-state index contributed by atoms with van der Waals surface area (Å²) < 4.78 is 22.8. The fourth-order valence-electron chi connectivity index (χ4n) is 17.2. The normalized spacial score (nSPS) is 11.9. The van der Waals surface area contributed by atoms with Gasteiger partial charge in [0.05, 0.1) is 55.3 Å². The summed E-state index contributed by atoms with van der Waals surface area (Å²) in [6.45, 7) is 0. The topological polar surface area (TPSA) is 123 Å². The molecule has 12 heteroatoms. The molecular weight excluding hydrogens is 1400 g/mol. The predicted octanol–water partition coefficient (Wildman–Crippen LogP) is 25.9. The van der Waals surface area contributed by atoms with Gasteiger partial charge >= 0.3 is 0 Å². The van der Waals surface area contributed by atoms with E-state index in [1.165, 1.54) is 21.9 Å². The van der Waals surface area contributed by atoms with Gasteiger partial charge in [0.25, 0.3) is 0 Å². The fourth-order valence-corrected chi connectivity index (χ4v) is 17.2. The average molecular weight is 1460 g/mol. The van der Waals surface area contributed by atoms with Crippen molar-refractivity contribution in [3.63, 3.8) is 0 Å². The Kier molecular flexibility index (Phi) is 14.7. The summed E-state index contributed by atoms with van der Waals surface area (Å²) in [5.74, 6) is 3.34. The predicted molar refractivity (Wildman–Crippen MR) is 464 cm³/mol. The number of benzene rings is 16. The minimum atomic E-state index is 0.537. The zero-order valence-corrected chi connectivity index (χ0v) is 61.1. The Hall–Kier alpha value is -15.7. The molecule has 0 radical (unpaired) electrons. The molecule has 0 unspecified atom stereocenters. The highest BCUT2D eigenvalue weighted by molar-refractivity contribution is 6.20. The van der Waals surface area contributed by atoms with Gasteiger partial charge in [-0.1, -0.05) is 273 Å². The molecule has 12 nitrogen and oxygen atoms in total. The molecule has 0 amide bonds. The minimum Gasteiger partial charge on any atom is -0.455 e. The minimum absolute atomic E-state index is 0.537. The van der Waals surface area contributed by atoms with Gasteiger partial charge in [-0.15, -0.1) is 0 Å². The van der Waals surface area contributed by atoms with Gasteiger partial charge in [-0.3, -0.25) is 9.13 Å². The van der Waals surface area contributed by atoms with Gasteiger partial charge in [-0.05, 0) is 125 Å². The Morgan fingerprint density at radius 2 is 0.482 bits per heavy atom. The number of rotatable bonds is 10. The Morgan fingerprint density at radius 1 is 0.175 bits per heavy atom. The first-order chi connectivity index (χ1) is 56.5. The molecule has 0 saturated carbocycles. The Balaban J connectivity index is 0.000000135. The molecule has 8 aromatic heterocycles. The Morgan fingerprint density at radius 3 is 0.930 bits per heavy atom. The second-order valence-electron chi connectivity index (χ2n) is 28.9. The Labute approximate surface area is 651 Å². The smallest absolute Gasteiger partial charge is 0.238 e. The molecule has 0 fully saturated rings. The van der Waals surface area contributed by atoms with Crippen LogP contribution < -0.4 is 0 Å². The molecular formula is C102H62N10O2. The third kappa shape index (κ3) is 10.4. The van der Waals surface area contributed by atoms with Gasteiger partial charge in [-0.25, -0.2) is 9.97 Å². The van der Waals surface area contributed by atoms with Crippen molar-refractivity contribution in [1.29, 1.82) is 0 Å². The molecule has 0 N–H and O–H groups in total. The SMILES string of the molecule is c1ccc(-c2cccc(-c3nc(-c4cccc5c4oc4cc6c7ccccc7n(-c7ccccc7)c6cc45)nc(-n4c5ccccc5c5ccccc54)n3)c2)cc1.c1ccc(-c2cccc(-n3c4ccccc4c4cc5oc6c(-c7nc(-c8ccccc8)nc(-n8c9ccccc9c9ccccc98)n7)cccc6c5cc43)c2)cc1. The second-order valence-corrected chi connectivity index (χ2v) is 28.9. The summed E-state index contributed by atoms with van der Waals surface area (Å²) in [4.78, 5) is 31.3. The molecule has 0 spiro atoms. The van der Waals surface area contributed by atoms with Crippen LogP contribution in [0, 0.1) is 0 Å². The molecule has 24 rings (SSSR count). The van der Waals surface area contributed by atoms with E-state index < -0.39 is 0 Å². The molecule has 0 saturated heterocycles. The van der Waals surface area contributed by atoms with Gasteiger partial charge in [0.1, 0.15) is 22.3 Å². The van der Waals surface area contributed by atoms with Crippen LogP contribution in [-0.4, -0.2) is 48.2 Å². The van der Waals surface area contributed by atoms with E-state index in [-0.39, 0.29) is 0 Å². The van der Waals surface area contributed by atoms with E-state index in [1.807, 2.05) is 36.4 Å². The number of para-hydroxylation sites is 9. The van der Waals surface area contributed by atoms with Crippen LogP contribution in [0.5, 0.6) is 0 Å². The van der Waals surface area contributed by atoms with Crippen molar-refractivity contribution >= 4 is 131 Å². The summed E-state index contributed by atoms with van der Waals surface area (Å²) in [5.41, 5.74) is 22.0. The highest BCUT2D eigenvalue weighted by Crippen LogP contribution is 2.45. The molecule has 0 aliphatic rings. The second kappa shape index (κ2) is 26.0. The number of hydrogen-bond donors (Lipinski definition) is 0. The summed E-state index contributed by atoms with van der Waals surface area (Å²) in [7, 11) is 0. The number of fused-ring (bicyclic) bond motifs is 18. The molecule has 0 aliphatic heterocycles. The highest BCUT2D eigenvalue weighted by Gasteiger charge is 2.26. The van der Waals surface area contributed by atoms with E-state index in [1.54, 1.807) is 0 Å². The lowest BCUT2D eigenvalue weighted by Gasteiger charge is -2.12. The monoisotopic (exact) mass is 1460 g/mol. The average Bonchev–Trinajstić information content (AvgIpc) is 1.58. The molecule has 0 atom stereocenters. The van der Waals surface area contributed by atoms with Gasteiger partial charge in [0, 0.05) is 87.1 Å². The highest BCUT2D eigenvalue weighted by atomic mass is 16.3. The van der Waals surface area contributed by atoms with E-state index >= 15 is 0 Å². The lowest BCUT2D eigenvalue weighted by atomic mass is 10.0. The summed E-state index contributed by atoms with van der Waals surface area (Å²) >= 11 is 0. The van der Waals surface area contributed by atoms with Gasteiger partial charge in [0.2, 0.25) is 11.9 Å². The largest absolute Gasteiger partial charge is 0.455 e. The van der Waals surface area contributed by atoms with E-state index in [4.69, 9.17) is 38.7 Å². The van der Waals surface area contributed by atoms with E-state index in [2.05, 4.69) is 358 Å². The lowest BCUT2D eigenvalue weighted by Crippen LogP contribution is -2.06. The summed E-state index contributed by atoms with van der Waals surface area (Å²) in [6, 6.07) is 131. The van der Waals surface area contributed by atoms with Crippen molar-refractivity contribution in [2.75, 3.05) is 0 Å². The lowest BCUT2D eigenvalue weighted by molar-refractivity contribution is 0.669. The van der Waals surface area contributed by atoms with Crippen molar-refractivity contribution < 1.29 is 8.83 Å². The first kappa shape index (κ1) is 64.3. The van der Waals surface area contributed by atoms with Crippen LogP contribution in [-0.2, 0) is 0 Å². The molecule has 0 bridgehead atoms. The van der Waals surface area contributed by atoms with Crippen molar-refractivity contribution in [3.05, 3.63) is 376 Å². The third-order valence-electron chi connectivity index (χ3n) is 22.4. The van der Waals surface area contributed by atoms with Crippen molar-refractivity contribution in [3.8, 4) is 91.1 Å². The summed E-state index contributed by atoms with van der Waals surface area (Å²) in [5, 5.41) is 13.2. The van der Waals surface area contributed by atoms with Crippen LogP contribution in [0.3, 0.4) is 0 Å². The maximum absolute atomic E-state index is 6.89. The standard InChI is InChI=1S/2C51H31N5O/c1-3-15-32(16-4-1)33-17-13-18-34(29-33)49-52-50(54-51(53-49)56-44-27-11-7-21-36(44)37-22-8-12-28-45(37)56)40-25-14-24-39-42-30-46-41(31-47(42)57-48(39)40)38-23-9-10-26-43(38)55(46)35-19-5-2-6-20-35;1-3-15-32(16-4-1)34-19-13-20-35(29-34)55-43-26-10-9-23-38(43)41-31-47-42(30-46(41)55)39-24-14-25-40(48(39)57-47)50-52-49(33-17-5-2-6-18-33)53-51(54-50)56-44-27-11-7-21-36(44)37-22-8-12-28-45(37)56/h2*1-31H. The third-order valence-corrected chi connectivity index (χ3v) is 22.4. The van der Waals surface area contributed by atoms with Crippen LogP contribution in [0.4, 0.5) is 0 Å². The summed E-state index contributed by atoms with van der Waals surface area (Å²) in [6.07, 6.45) is 0. The molecule has 24 aromatic rings. The number of aromatic nitrogens is 10. The zero-order valence-electron chi connectivity index (χ0n) is 61.1. The first-order valence-corrected chi connectivity index (χ1v) is 38.2. The fraction of sp³-hybridized carbons (Fsp3) is 0. The van der Waals surface area contributed by atoms with Gasteiger partial charge in [-0.2, -0.15) is 19.9 Å². The first-order valence-electron chi connectivity index (χ1n) is 38.2. The maximum Gasteiger partial charge on any atom is 0.238 e. The molecule has 16 aromatic carbocycles. The van der Waals surface area contributed by atoms with Crippen LogP contribution in [0.15, 0.2) is 385 Å². The van der Waals surface area contributed by atoms with Crippen molar-refractivity contribution in [2.45, 2.75) is 0 Å². The molecule has 532 valence electrons. The Bertz CT molecular complexity index is 7890. The van der Waals surface area contributed by atoms with Gasteiger partial charge in [0.15, 0.2) is 23.3 Å².